The van der Waals surface area contributed by atoms with Gasteiger partial charge in [0.15, 0.2) is 0 Å². The number of benzene rings is 1. The third-order valence-electron chi connectivity index (χ3n) is 1.68. The van der Waals surface area contributed by atoms with Crippen molar-refractivity contribution in [1.82, 2.24) is 4.90 Å². The predicted octanol–water partition coefficient (Wildman–Crippen LogP) is 2.38. The van der Waals surface area contributed by atoms with Gasteiger partial charge in [-0.1, -0.05) is 29.3 Å². The average molecular weight is 220 g/mol. The second kappa shape index (κ2) is 4.82. The van der Waals surface area contributed by atoms with E-state index in [1.165, 1.54) is 0 Å². The number of aliphatic hydroxyl groups excluding tert-OH is 1. The highest BCUT2D eigenvalue weighted by Crippen LogP contribution is 2.22. The van der Waals surface area contributed by atoms with E-state index in [1.54, 1.807) is 17.0 Å². The van der Waals surface area contributed by atoms with Crippen LogP contribution in [0.1, 0.15) is 5.56 Å². The highest BCUT2D eigenvalue weighted by atomic mass is 35.5. The molecule has 0 fully saturated rings. The summed E-state index contributed by atoms with van der Waals surface area (Å²) >= 11 is 11.6. The van der Waals surface area contributed by atoms with Crippen LogP contribution in [0.15, 0.2) is 18.2 Å². The molecular weight excluding hydrogens is 209 g/mol. The van der Waals surface area contributed by atoms with E-state index >= 15 is 0 Å². The van der Waals surface area contributed by atoms with Crippen LogP contribution in [0.5, 0.6) is 0 Å². The maximum Gasteiger partial charge on any atom is 0.0956 e. The molecule has 1 rings (SSSR count). The average Bonchev–Trinajstić information content (AvgIpc) is 2.11. The molecule has 0 aromatic heterocycles. The van der Waals surface area contributed by atoms with Gasteiger partial charge in [-0.25, -0.2) is 0 Å². The summed E-state index contributed by atoms with van der Waals surface area (Å²) in [7, 11) is 1.82. The summed E-state index contributed by atoms with van der Waals surface area (Å²) in [4.78, 5) is 1.76. The zero-order chi connectivity index (χ0) is 9.84. The molecule has 72 valence electrons. The molecule has 13 heavy (non-hydrogen) atoms. The molecule has 0 saturated heterocycles. The van der Waals surface area contributed by atoms with E-state index in [9.17, 15) is 0 Å². The zero-order valence-corrected chi connectivity index (χ0v) is 8.81. The lowest BCUT2D eigenvalue weighted by Gasteiger charge is -2.12. The molecule has 0 aliphatic carbocycles. The maximum absolute atomic E-state index is 8.79. The maximum atomic E-state index is 8.79. The van der Waals surface area contributed by atoms with Crippen LogP contribution in [0.4, 0.5) is 0 Å². The summed E-state index contributed by atoms with van der Waals surface area (Å²) in [6.07, 6.45) is 0. The largest absolute Gasteiger partial charge is 0.381 e. The van der Waals surface area contributed by atoms with Crippen molar-refractivity contribution in [1.29, 1.82) is 0 Å². The van der Waals surface area contributed by atoms with Crippen LogP contribution in [0.25, 0.3) is 0 Å². The molecule has 0 radical (unpaired) electrons. The van der Waals surface area contributed by atoms with Gasteiger partial charge in [-0.05, 0) is 24.7 Å². The first kappa shape index (κ1) is 10.8. The smallest absolute Gasteiger partial charge is 0.0956 e. The van der Waals surface area contributed by atoms with Crippen LogP contribution in [0, 0.1) is 0 Å². The van der Waals surface area contributed by atoms with Gasteiger partial charge in [0.25, 0.3) is 0 Å². The minimum atomic E-state index is 0.0280. The SMILES string of the molecule is CN(CO)Cc1ccc(Cl)c(Cl)c1. The van der Waals surface area contributed by atoms with Crippen molar-refractivity contribution in [3.63, 3.8) is 0 Å². The third kappa shape index (κ3) is 3.16. The monoisotopic (exact) mass is 219 g/mol. The van der Waals surface area contributed by atoms with Crippen molar-refractivity contribution in [2.75, 3.05) is 13.8 Å². The lowest BCUT2D eigenvalue weighted by Crippen LogP contribution is -2.18. The van der Waals surface area contributed by atoms with Crippen molar-refractivity contribution in [2.45, 2.75) is 6.54 Å². The van der Waals surface area contributed by atoms with E-state index in [0.717, 1.165) is 5.56 Å². The molecule has 0 aliphatic heterocycles. The standard InChI is InChI=1S/C9H11Cl2NO/c1-12(6-13)5-7-2-3-8(10)9(11)4-7/h2-4,13H,5-6H2,1H3. The summed E-state index contributed by atoms with van der Waals surface area (Å²) in [5, 5.41) is 9.89. The number of halogens is 2. The first-order chi connectivity index (χ1) is 6.13. The van der Waals surface area contributed by atoms with E-state index < -0.39 is 0 Å². The highest BCUT2D eigenvalue weighted by Gasteiger charge is 2.01. The Kier molecular flexibility index (Phi) is 4.00. The zero-order valence-electron chi connectivity index (χ0n) is 7.30. The normalized spacial score (nSPS) is 10.8. The Hall–Kier alpha value is -0.280. The van der Waals surface area contributed by atoms with Crippen LogP contribution < -0.4 is 0 Å². The van der Waals surface area contributed by atoms with Gasteiger partial charge in [-0.15, -0.1) is 0 Å². The Morgan fingerprint density at radius 2 is 2.00 bits per heavy atom. The molecule has 0 atom stereocenters. The Bertz CT molecular complexity index is 291. The van der Waals surface area contributed by atoms with E-state index in [1.807, 2.05) is 13.1 Å². The first-order valence-corrected chi connectivity index (χ1v) is 4.62. The second-order valence-electron chi connectivity index (χ2n) is 2.90. The summed E-state index contributed by atoms with van der Waals surface area (Å²) in [5.41, 5.74) is 1.03. The first-order valence-electron chi connectivity index (χ1n) is 3.87. The highest BCUT2D eigenvalue weighted by molar-refractivity contribution is 6.41. The minimum Gasteiger partial charge on any atom is -0.381 e. The number of nitrogens with zero attached hydrogens (tertiary/aromatic N) is 1. The Labute approximate surface area is 87.7 Å². The minimum absolute atomic E-state index is 0.0280. The molecule has 1 aromatic carbocycles. The number of hydrogen-bond acceptors (Lipinski definition) is 2. The van der Waals surface area contributed by atoms with Gasteiger partial charge < -0.3 is 5.11 Å². The van der Waals surface area contributed by atoms with Crippen LogP contribution >= 0.6 is 23.2 Å². The molecule has 0 unspecified atom stereocenters. The molecule has 0 amide bonds. The molecule has 0 saturated carbocycles. The summed E-state index contributed by atoms with van der Waals surface area (Å²) < 4.78 is 0. The molecule has 4 heteroatoms. The molecule has 1 aromatic rings. The quantitative estimate of drug-likeness (QED) is 0.790. The number of hydrogen-bond donors (Lipinski definition) is 1. The second-order valence-corrected chi connectivity index (χ2v) is 3.72. The molecule has 2 nitrogen and oxygen atoms in total. The Morgan fingerprint density at radius 1 is 1.31 bits per heavy atom. The fourth-order valence-electron chi connectivity index (χ4n) is 1.000. The van der Waals surface area contributed by atoms with E-state index in [0.29, 0.717) is 16.6 Å². The van der Waals surface area contributed by atoms with Crippen LogP contribution in [0.3, 0.4) is 0 Å². The molecule has 0 heterocycles. The van der Waals surface area contributed by atoms with E-state index in [4.69, 9.17) is 28.3 Å². The Morgan fingerprint density at radius 3 is 2.54 bits per heavy atom. The van der Waals surface area contributed by atoms with Gasteiger partial charge in [0.1, 0.15) is 0 Å². The number of aliphatic hydroxyl groups is 1. The Balaban J connectivity index is 2.73. The van der Waals surface area contributed by atoms with Gasteiger partial charge in [-0.3, -0.25) is 4.90 Å². The van der Waals surface area contributed by atoms with Crippen LogP contribution in [0.2, 0.25) is 10.0 Å². The summed E-state index contributed by atoms with van der Waals surface area (Å²) in [6.45, 7) is 0.688. The predicted molar refractivity (Wildman–Crippen MR) is 55.0 cm³/mol. The van der Waals surface area contributed by atoms with Gasteiger partial charge in [0.2, 0.25) is 0 Å². The third-order valence-corrected chi connectivity index (χ3v) is 2.42. The van der Waals surface area contributed by atoms with E-state index in [2.05, 4.69) is 0 Å². The summed E-state index contributed by atoms with van der Waals surface area (Å²) in [6, 6.07) is 5.45. The van der Waals surface area contributed by atoms with E-state index in [-0.39, 0.29) is 6.73 Å². The number of rotatable bonds is 3. The molecule has 0 aliphatic rings. The van der Waals surface area contributed by atoms with Gasteiger partial charge >= 0.3 is 0 Å². The topological polar surface area (TPSA) is 23.5 Å². The van der Waals surface area contributed by atoms with Crippen molar-refractivity contribution in [3.05, 3.63) is 33.8 Å². The summed E-state index contributed by atoms with van der Waals surface area (Å²) in [5.74, 6) is 0. The fraction of sp³-hybridized carbons (Fsp3) is 0.333. The van der Waals surface area contributed by atoms with Crippen molar-refractivity contribution in [3.8, 4) is 0 Å². The van der Waals surface area contributed by atoms with Crippen molar-refractivity contribution in [2.24, 2.45) is 0 Å². The van der Waals surface area contributed by atoms with Crippen molar-refractivity contribution < 1.29 is 5.11 Å². The lowest BCUT2D eigenvalue weighted by molar-refractivity contribution is 0.127. The van der Waals surface area contributed by atoms with Crippen molar-refractivity contribution >= 4 is 23.2 Å². The fourth-order valence-corrected chi connectivity index (χ4v) is 1.32. The van der Waals surface area contributed by atoms with Crippen LogP contribution in [-0.4, -0.2) is 23.8 Å². The van der Waals surface area contributed by atoms with Gasteiger partial charge in [0, 0.05) is 6.54 Å². The molecule has 0 spiro atoms. The van der Waals surface area contributed by atoms with Crippen LogP contribution in [-0.2, 0) is 6.54 Å². The van der Waals surface area contributed by atoms with Gasteiger partial charge in [-0.2, -0.15) is 0 Å². The molecular formula is C9H11Cl2NO. The lowest BCUT2D eigenvalue weighted by atomic mass is 10.2. The molecule has 1 N–H and O–H groups in total. The molecule has 0 bridgehead atoms. The van der Waals surface area contributed by atoms with Gasteiger partial charge in [0.05, 0.1) is 16.8 Å².